The molecule has 13 heteroatoms. The first kappa shape index (κ1) is 29.2. The van der Waals surface area contributed by atoms with E-state index in [1.54, 1.807) is 57.2 Å². The van der Waals surface area contributed by atoms with Crippen LogP contribution in [0.15, 0.2) is 36.4 Å². The lowest BCUT2D eigenvalue weighted by Crippen LogP contribution is -2.41. The molecule has 0 aliphatic carbocycles. The highest BCUT2D eigenvalue weighted by atomic mass is 35.5. The maximum absolute atomic E-state index is 12.6. The lowest BCUT2D eigenvalue weighted by Gasteiger charge is -2.20. The van der Waals surface area contributed by atoms with E-state index in [2.05, 4.69) is 25.9 Å². The molecule has 3 aromatic rings. The number of aliphatic carboxylic acids is 1. The molecule has 1 aromatic heterocycles. The van der Waals surface area contributed by atoms with Gasteiger partial charge in [-0.25, -0.2) is 14.6 Å². The molecule has 2 aromatic carbocycles. The van der Waals surface area contributed by atoms with Gasteiger partial charge < -0.3 is 37.3 Å². The second-order valence-corrected chi connectivity index (χ2v) is 10.1. The van der Waals surface area contributed by atoms with Gasteiger partial charge in [0.05, 0.1) is 15.9 Å². The zero-order valence-electron chi connectivity index (χ0n) is 21.9. The summed E-state index contributed by atoms with van der Waals surface area (Å²) >= 11 is 6.52. The number of carbonyl (C=O) groups excluding carboxylic acids is 2. The van der Waals surface area contributed by atoms with E-state index in [4.69, 9.17) is 27.8 Å². The van der Waals surface area contributed by atoms with Crippen LogP contribution in [0, 0.1) is 0 Å². The number of halogens is 1. The van der Waals surface area contributed by atoms with Crippen LogP contribution in [0.25, 0.3) is 10.9 Å². The van der Waals surface area contributed by atoms with Crippen molar-refractivity contribution in [3.05, 3.63) is 52.5 Å². The highest BCUT2D eigenvalue weighted by Gasteiger charge is 2.21. The van der Waals surface area contributed by atoms with Crippen LogP contribution in [0.1, 0.15) is 49.5 Å². The Balaban J connectivity index is 1.54. The predicted octanol–water partition coefficient (Wildman–Crippen LogP) is 3.55. The Morgan fingerprint density at radius 3 is 2.41 bits per heavy atom. The van der Waals surface area contributed by atoms with Gasteiger partial charge in [0.2, 0.25) is 5.95 Å². The summed E-state index contributed by atoms with van der Waals surface area (Å²) < 4.78 is 5.14. The molecule has 1 unspecified atom stereocenters. The second kappa shape index (κ2) is 12.5. The van der Waals surface area contributed by atoms with Crippen LogP contribution in [0.2, 0.25) is 5.02 Å². The van der Waals surface area contributed by atoms with Crippen molar-refractivity contribution < 1.29 is 24.2 Å². The molecule has 1 heterocycles. The van der Waals surface area contributed by atoms with Crippen LogP contribution < -0.4 is 27.4 Å². The monoisotopic (exact) mass is 557 g/mol. The van der Waals surface area contributed by atoms with Gasteiger partial charge in [-0.1, -0.05) is 17.7 Å². The van der Waals surface area contributed by atoms with E-state index in [9.17, 15) is 19.5 Å². The second-order valence-electron chi connectivity index (χ2n) is 9.77. The van der Waals surface area contributed by atoms with Crippen molar-refractivity contribution in [2.24, 2.45) is 0 Å². The summed E-state index contributed by atoms with van der Waals surface area (Å²) in [4.78, 5) is 44.1. The first-order chi connectivity index (χ1) is 18.3. The number of nitrogens with two attached hydrogens (primary N) is 2. The summed E-state index contributed by atoms with van der Waals surface area (Å²) in [5.41, 5.74) is 13.3. The largest absolute Gasteiger partial charge is 0.480 e. The number of nitrogens with one attached hydrogen (secondary N) is 3. The van der Waals surface area contributed by atoms with E-state index >= 15 is 0 Å². The summed E-state index contributed by atoms with van der Waals surface area (Å²) in [6, 6.07) is 9.00. The maximum atomic E-state index is 12.6. The quantitative estimate of drug-likeness (QED) is 0.201. The zero-order valence-corrected chi connectivity index (χ0v) is 22.6. The van der Waals surface area contributed by atoms with Crippen molar-refractivity contribution in [3.8, 4) is 0 Å². The average molecular weight is 558 g/mol. The third kappa shape index (κ3) is 8.34. The summed E-state index contributed by atoms with van der Waals surface area (Å²) in [6.07, 6.45) is -0.120. The number of carboxylic acid groups (broad SMARTS) is 1. The van der Waals surface area contributed by atoms with Crippen molar-refractivity contribution in [2.75, 3.05) is 23.3 Å². The summed E-state index contributed by atoms with van der Waals surface area (Å²) in [7, 11) is 0. The Bertz CT molecular complexity index is 1360. The number of amides is 2. The highest BCUT2D eigenvalue weighted by molar-refractivity contribution is 6.37. The molecule has 0 bridgehead atoms. The fraction of sp³-hybridized carbons (Fsp3) is 0.346. The molecule has 3 rings (SSSR count). The number of ether oxygens (including phenoxy) is 1. The first-order valence-electron chi connectivity index (χ1n) is 12.2. The van der Waals surface area contributed by atoms with Gasteiger partial charge in [0.25, 0.3) is 5.91 Å². The Kier molecular flexibility index (Phi) is 9.36. The molecule has 0 aliphatic heterocycles. The van der Waals surface area contributed by atoms with Crippen LogP contribution in [-0.2, 0) is 16.1 Å². The smallest absolute Gasteiger partial charge is 0.407 e. The number of hydrogen-bond donors (Lipinski definition) is 6. The average Bonchev–Trinajstić information content (AvgIpc) is 2.84. The first-order valence-corrected chi connectivity index (χ1v) is 12.6. The molecule has 208 valence electrons. The van der Waals surface area contributed by atoms with Gasteiger partial charge in [-0.3, -0.25) is 4.79 Å². The Hall–Kier alpha value is -4.32. The molecule has 39 heavy (non-hydrogen) atoms. The summed E-state index contributed by atoms with van der Waals surface area (Å²) in [6.45, 7) is 5.81. The topological polar surface area (TPSA) is 195 Å². The Morgan fingerprint density at radius 1 is 1.08 bits per heavy atom. The maximum Gasteiger partial charge on any atom is 0.407 e. The number of nitrogens with zero attached hydrogens (tertiary/aromatic N) is 2. The van der Waals surface area contributed by atoms with Crippen molar-refractivity contribution in [1.82, 2.24) is 20.6 Å². The molecule has 0 fully saturated rings. The molecule has 12 nitrogen and oxygen atoms in total. The number of anilines is 3. The van der Waals surface area contributed by atoms with Gasteiger partial charge in [-0.05, 0) is 69.5 Å². The van der Waals surface area contributed by atoms with E-state index in [-0.39, 0.29) is 24.7 Å². The lowest BCUT2D eigenvalue weighted by atomic mass is 10.1. The lowest BCUT2D eigenvalue weighted by molar-refractivity contribution is -0.139. The van der Waals surface area contributed by atoms with Gasteiger partial charge in [0, 0.05) is 24.3 Å². The fourth-order valence-electron chi connectivity index (χ4n) is 3.66. The van der Waals surface area contributed by atoms with E-state index in [0.717, 1.165) is 5.56 Å². The number of carbonyl (C=O) groups is 3. The molecule has 0 saturated heterocycles. The number of nitrogen functional groups attached to an aromatic ring is 2. The van der Waals surface area contributed by atoms with Crippen molar-refractivity contribution >= 4 is 57.9 Å². The van der Waals surface area contributed by atoms with E-state index < -0.39 is 29.6 Å². The minimum atomic E-state index is -1.17. The van der Waals surface area contributed by atoms with E-state index in [0.29, 0.717) is 40.1 Å². The number of benzene rings is 2. The number of fused-ring (bicyclic) bond motifs is 1. The number of alkyl carbamates (subject to hydrolysis) is 1. The molecular formula is C26H32ClN7O5. The van der Waals surface area contributed by atoms with Crippen molar-refractivity contribution in [3.63, 3.8) is 0 Å². The zero-order chi connectivity index (χ0) is 28.7. The molecule has 1 atom stereocenters. The number of carboxylic acids is 1. The molecule has 0 saturated carbocycles. The standard InChI is InChI=1S/C26H32ClN7O5/c1-26(2,3)39-25(38)30-12-4-5-18(23(36)37)32-22(35)14-6-9-16(10-7-14)31-13-15-8-11-17-19(20(15)27)21(28)34-24(29)33-17/h6-11,18,31H,4-5,12-13H2,1-3H3,(H,30,38)(H,32,35)(H,36,37)(H4,28,29,33,34). The minimum absolute atomic E-state index is 0.0657. The van der Waals surface area contributed by atoms with Crippen LogP contribution in [0.5, 0.6) is 0 Å². The van der Waals surface area contributed by atoms with Gasteiger partial charge in [-0.2, -0.15) is 4.98 Å². The van der Waals surface area contributed by atoms with Crippen molar-refractivity contribution in [2.45, 2.75) is 51.8 Å². The van der Waals surface area contributed by atoms with Gasteiger partial charge in [0.15, 0.2) is 0 Å². The van der Waals surface area contributed by atoms with Crippen molar-refractivity contribution in [1.29, 1.82) is 0 Å². The summed E-state index contributed by atoms with van der Waals surface area (Å²) in [5.74, 6) is -1.43. The molecule has 2 amide bonds. The predicted molar refractivity (Wildman–Crippen MR) is 150 cm³/mol. The number of hydrogen-bond acceptors (Lipinski definition) is 9. The minimum Gasteiger partial charge on any atom is -0.480 e. The van der Waals surface area contributed by atoms with Crippen LogP contribution in [-0.4, -0.2) is 51.2 Å². The Morgan fingerprint density at radius 2 is 1.77 bits per heavy atom. The van der Waals surface area contributed by atoms with Crippen LogP contribution >= 0.6 is 11.6 Å². The van der Waals surface area contributed by atoms with E-state index in [1.165, 1.54) is 0 Å². The number of rotatable bonds is 10. The van der Waals surface area contributed by atoms with Crippen LogP contribution in [0.4, 0.5) is 22.2 Å². The van der Waals surface area contributed by atoms with Gasteiger partial charge in [-0.15, -0.1) is 0 Å². The third-order valence-corrected chi connectivity index (χ3v) is 5.93. The molecule has 0 aliphatic rings. The highest BCUT2D eigenvalue weighted by Crippen LogP contribution is 2.31. The molecular weight excluding hydrogens is 526 g/mol. The third-order valence-electron chi connectivity index (χ3n) is 5.50. The van der Waals surface area contributed by atoms with Gasteiger partial charge >= 0.3 is 12.1 Å². The SMILES string of the molecule is CC(C)(C)OC(=O)NCCCC(NC(=O)c1ccc(NCc2ccc3nc(N)nc(N)c3c2Cl)cc1)C(=O)O. The fourth-order valence-corrected chi connectivity index (χ4v) is 3.98. The molecule has 8 N–H and O–H groups in total. The normalized spacial score (nSPS) is 12.0. The number of aromatic nitrogens is 2. The van der Waals surface area contributed by atoms with E-state index in [1.807, 2.05) is 0 Å². The molecule has 0 radical (unpaired) electrons. The van der Waals surface area contributed by atoms with Crippen LogP contribution in [0.3, 0.4) is 0 Å². The summed E-state index contributed by atoms with van der Waals surface area (Å²) in [5, 5.41) is 18.7. The molecule has 0 spiro atoms. The van der Waals surface area contributed by atoms with Gasteiger partial charge in [0.1, 0.15) is 17.5 Å². The Labute approximate surface area is 230 Å².